The van der Waals surface area contributed by atoms with E-state index >= 15 is 0 Å². The van der Waals surface area contributed by atoms with Gasteiger partial charge in [0.25, 0.3) is 0 Å². The number of nitrogens with zero attached hydrogens (tertiary/aromatic N) is 5. The molecule has 208 valence electrons. The molecular weight excluding hydrogens is 518 g/mol. The fourth-order valence-corrected chi connectivity index (χ4v) is 5.06. The number of nitrogens with one attached hydrogen (secondary N) is 2. The summed E-state index contributed by atoms with van der Waals surface area (Å²) in [6, 6.07) is 7.73. The highest BCUT2D eigenvalue weighted by molar-refractivity contribution is 7.17. The Balaban J connectivity index is 1.45. The second-order valence-corrected chi connectivity index (χ2v) is 11.4. The van der Waals surface area contributed by atoms with Gasteiger partial charge in [0, 0.05) is 18.3 Å². The van der Waals surface area contributed by atoms with Crippen LogP contribution >= 0.6 is 11.3 Å². The number of piperidine rings is 1. The molecule has 3 aromatic rings. The molecule has 0 aliphatic carbocycles. The summed E-state index contributed by atoms with van der Waals surface area (Å²) < 4.78 is 10.1. The average Bonchev–Trinajstić information content (AvgIpc) is 3.34. The first-order valence-corrected chi connectivity index (χ1v) is 13.7. The third-order valence-corrected chi connectivity index (χ3v) is 6.85. The van der Waals surface area contributed by atoms with Gasteiger partial charge in [0.1, 0.15) is 22.1 Å². The zero-order chi connectivity index (χ0) is 28.0. The van der Waals surface area contributed by atoms with Crippen LogP contribution in [0.15, 0.2) is 30.5 Å². The largest absolute Gasteiger partial charge is 0.465 e. The van der Waals surface area contributed by atoms with Gasteiger partial charge in [-0.15, -0.1) is 0 Å². The fraction of sp³-hybridized carbons (Fsp3) is 0.481. The highest BCUT2D eigenvalue weighted by Gasteiger charge is 2.27. The van der Waals surface area contributed by atoms with E-state index in [9.17, 15) is 9.59 Å². The summed E-state index contributed by atoms with van der Waals surface area (Å²) >= 11 is 1.21. The van der Waals surface area contributed by atoms with Crippen molar-refractivity contribution in [1.29, 1.82) is 0 Å². The lowest BCUT2D eigenvalue weighted by Crippen LogP contribution is -2.34. The summed E-state index contributed by atoms with van der Waals surface area (Å²) in [5, 5.41) is 6.53. The molecule has 1 saturated heterocycles. The molecule has 1 unspecified atom stereocenters. The predicted octanol–water partition coefficient (Wildman–Crippen LogP) is 4.92. The summed E-state index contributed by atoms with van der Waals surface area (Å²) in [5.74, 6) is 0.947. The third-order valence-electron chi connectivity index (χ3n) is 5.95. The summed E-state index contributed by atoms with van der Waals surface area (Å²) in [6.45, 7) is 9.26. The number of pyridine rings is 1. The molecule has 0 saturated carbocycles. The first-order valence-electron chi connectivity index (χ1n) is 12.9. The molecule has 12 heteroatoms. The van der Waals surface area contributed by atoms with Crippen molar-refractivity contribution in [1.82, 2.24) is 30.2 Å². The van der Waals surface area contributed by atoms with Gasteiger partial charge in [0.05, 0.1) is 37.3 Å². The van der Waals surface area contributed by atoms with Crippen molar-refractivity contribution in [2.45, 2.75) is 71.7 Å². The van der Waals surface area contributed by atoms with Crippen molar-refractivity contribution >= 4 is 34.3 Å². The molecule has 2 N–H and O–H groups in total. The van der Waals surface area contributed by atoms with E-state index in [-0.39, 0.29) is 12.6 Å². The Kier molecular flexibility index (Phi) is 9.08. The van der Waals surface area contributed by atoms with Gasteiger partial charge < -0.3 is 20.1 Å². The van der Waals surface area contributed by atoms with Gasteiger partial charge in [-0.3, -0.25) is 9.88 Å². The van der Waals surface area contributed by atoms with Crippen LogP contribution in [0.4, 0.5) is 15.7 Å². The maximum absolute atomic E-state index is 12.0. The van der Waals surface area contributed by atoms with E-state index in [0.29, 0.717) is 22.4 Å². The Labute approximate surface area is 232 Å². The van der Waals surface area contributed by atoms with Gasteiger partial charge in [-0.1, -0.05) is 23.8 Å². The van der Waals surface area contributed by atoms with Crippen LogP contribution in [0.5, 0.6) is 0 Å². The summed E-state index contributed by atoms with van der Waals surface area (Å²) in [4.78, 5) is 45.2. The second kappa shape index (κ2) is 12.5. The number of rotatable bonds is 8. The Morgan fingerprint density at radius 2 is 1.95 bits per heavy atom. The van der Waals surface area contributed by atoms with Crippen molar-refractivity contribution in [2.75, 3.05) is 19.0 Å². The lowest BCUT2D eigenvalue weighted by Gasteiger charge is -2.34. The minimum Gasteiger partial charge on any atom is -0.465 e. The monoisotopic (exact) mass is 553 g/mol. The third kappa shape index (κ3) is 8.17. The lowest BCUT2D eigenvalue weighted by atomic mass is 10.0. The van der Waals surface area contributed by atoms with Gasteiger partial charge in [-0.05, 0) is 59.2 Å². The predicted molar refractivity (Wildman–Crippen MR) is 148 cm³/mol. The Hall–Kier alpha value is -3.64. The molecule has 39 heavy (non-hydrogen) atoms. The number of carbonyl (C=O) groups excluding carboxylic acids is 2. The van der Waals surface area contributed by atoms with Crippen molar-refractivity contribution in [3.63, 3.8) is 0 Å². The first kappa shape index (κ1) is 28.4. The van der Waals surface area contributed by atoms with E-state index in [2.05, 4.69) is 20.5 Å². The highest BCUT2D eigenvalue weighted by atomic mass is 32.1. The van der Waals surface area contributed by atoms with E-state index in [4.69, 9.17) is 24.4 Å². The van der Waals surface area contributed by atoms with Gasteiger partial charge >= 0.3 is 12.1 Å². The van der Waals surface area contributed by atoms with Crippen LogP contribution in [-0.4, -0.2) is 56.2 Å². The minimum absolute atomic E-state index is 0.0338. The number of hydrogen-bond acceptors (Lipinski definition) is 11. The van der Waals surface area contributed by atoms with Crippen LogP contribution < -0.4 is 10.6 Å². The van der Waals surface area contributed by atoms with E-state index in [1.807, 2.05) is 52.0 Å². The Morgan fingerprint density at radius 3 is 2.72 bits per heavy atom. The van der Waals surface area contributed by atoms with Gasteiger partial charge in [-0.2, -0.15) is 0 Å². The maximum atomic E-state index is 12.0. The molecule has 4 heterocycles. The second-order valence-electron chi connectivity index (χ2n) is 10.4. The molecule has 3 aromatic heterocycles. The topological polar surface area (TPSA) is 131 Å². The lowest BCUT2D eigenvalue weighted by molar-refractivity contribution is 0.0521. The van der Waals surface area contributed by atoms with E-state index in [1.165, 1.54) is 24.6 Å². The fourth-order valence-electron chi connectivity index (χ4n) is 4.31. The number of anilines is 2. The zero-order valence-electron chi connectivity index (χ0n) is 23.0. The average molecular weight is 554 g/mol. The molecule has 0 radical (unpaired) electrons. The summed E-state index contributed by atoms with van der Waals surface area (Å²) in [6.07, 6.45) is 4.13. The number of likely N-dealkylation sites (tertiary alicyclic amines) is 1. The molecule has 1 amide bonds. The molecule has 1 aliphatic heterocycles. The molecule has 11 nitrogen and oxygen atoms in total. The number of amides is 1. The van der Waals surface area contributed by atoms with Crippen LogP contribution in [0.25, 0.3) is 0 Å². The number of alkyl carbamates (subject to hydrolysis) is 1. The number of hydrogen-bond donors (Lipinski definition) is 2. The highest BCUT2D eigenvalue weighted by Crippen LogP contribution is 2.31. The van der Waals surface area contributed by atoms with Crippen LogP contribution in [-0.2, 0) is 22.6 Å². The number of aromatic nitrogens is 4. The zero-order valence-corrected chi connectivity index (χ0v) is 23.8. The van der Waals surface area contributed by atoms with Crippen molar-refractivity contribution in [2.24, 2.45) is 0 Å². The number of methoxy groups -OCH3 is 1. The molecule has 0 bridgehead atoms. The number of ether oxygens (including phenoxy) is 2. The van der Waals surface area contributed by atoms with Crippen LogP contribution in [0.3, 0.4) is 0 Å². The normalized spacial score (nSPS) is 16.0. The SMILES string of the molecule is COC(=O)c1cnc(Nc2cc(C)nc(C3CCCCN3Cc3cccc(CNC(=O)OC(C)(C)C)n3)n2)s1. The molecular formula is C27H35N7O4S. The number of esters is 1. The van der Waals surface area contributed by atoms with Gasteiger partial charge in [-0.25, -0.2) is 24.5 Å². The van der Waals surface area contributed by atoms with E-state index in [0.717, 1.165) is 48.7 Å². The maximum Gasteiger partial charge on any atom is 0.407 e. The van der Waals surface area contributed by atoms with E-state index < -0.39 is 17.7 Å². The molecule has 0 spiro atoms. The van der Waals surface area contributed by atoms with Crippen LogP contribution in [0.2, 0.25) is 0 Å². The van der Waals surface area contributed by atoms with E-state index in [1.54, 1.807) is 0 Å². The summed E-state index contributed by atoms with van der Waals surface area (Å²) in [7, 11) is 1.35. The van der Waals surface area contributed by atoms with Crippen molar-refractivity contribution < 1.29 is 19.1 Å². The van der Waals surface area contributed by atoms with Crippen LogP contribution in [0.1, 0.15) is 78.7 Å². The quantitative estimate of drug-likeness (QED) is 0.371. The molecule has 0 aromatic carbocycles. The number of aryl methyl sites for hydroxylation is 1. The Bertz CT molecular complexity index is 1310. The van der Waals surface area contributed by atoms with Gasteiger partial charge in [0.15, 0.2) is 5.13 Å². The van der Waals surface area contributed by atoms with Gasteiger partial charge in [0.2, 0.25) is 0 Å². The van der Waals surface area contributed by atoms with Crippen LogP contribution in [0, 0.1) is 6.92 Å². The molecule has 1 fully saturated rings. The standard InChI is InChI=1S/C27H35N7O4S/c1-17-13-22(33-25-28-15-21(39-25)24(35)37-5)32-23(30-17)20-11-6-7-12-34(20)16-19-10-8-9-18(31-19)14-29-26(36)38-27(2,3)4/h8-10,13,15,20H,6-7,11-12,14,16H2,1-5H3,(H,29,36)(H,28,30,32,33). The number of thiazole rings is 1. The molecule has 4 rings (SSSR count). The smallest absolute Gasteiger partial charge is 0.407 e. The summed E-state index contributed by atoms with van der Waals surface area (Å²) in [5.41, 5.74) is 1.96. The Morgan fingerprint density at radius 1 is 1.15 bits per heavy atom. The number of carbonyl (C=O) groups is 2. The van der Waals surface area contributed by atoms with Crippen molar-refractivity contribution in [3.8, 4) is 0 Å². The first-order chi connectivity index (χ1) is 18.6. The molecule has 1 aliphatic rings. The minimum atomic E-state index is -0.553. The van der Waals surface area contributed by atoms with Crippen molar-refractivity contribution in [3.05, 3.63) is 58.2 Å². The molecule has 1 atom stereocenters.